The van der Waals surface area contributed by atoms with E-state index in [0.717, 1.165) is 0 Å². The molecule has 0 aromatic heterocycles. The summed E-state index contributed by atoms with van der Waals surface area (Å²) in [5.41, 5.74) is 0.589. The number of nitriles is 1. The monoisotopic (exact) mass is 400 g/mol. The summed E-state index contributed by atoms with van der Waals surface area (Å²) in [7, 11) is -3.67. The van der Waals surface area contributed by atoms with Crippen molar-refractivity contribution in [3.05, 3.63) is 59.7 Å². The van der Waals surface area contributed by atoms with Crippen molar-refractivity contribution in [3.63, 3.8) is 0 Å². The minimum Gasteiger partial charge on any atom is -0.423 e. The number of carbonyl (C=O) groups is 1. The maximum Gasteiger partial charge on any atom is 0.343 e. The molecule has 0 bridgehead atoms. The third-order valence-electron chi connectivity index (χ3n) is 4.29. The molecule has 0 amide bonds. The van der Waals surface area contributed by atoms with Crippen LogP contribution in [0.4, 0.5) is 0 Å². The molecule has 0 saturated carbocycles. The molecule has 2 atom stereocenters. The van der Waals surface area contributed by atoms with Crippen LogP contribution in [0, 0.1) is 11.3 Å². The molecule has 0 spiro atoms. The van der Waals surface area contributed by atoms with Gasteiger partial charge in [-0.2, -0.15) is 9.57 Å². The molecule has 146 valence electrons. The molecule has 0 radical (unpaired) electrons. The van der Waals surface area contributed by atoms with Crippen molar-refractivity contribution in [2.45, 2.75) is 31.0 Å². The topological polar surface area (TPSA) is 96.7 Å². The molecule has 3 rings (SSSR count). The highest BCUT2D eigenvalue weighted by Gasteiger charge is 2.32. The van der Waals surface area contributed by atoms with Crippen LogP contribution < -0.4 is 4.74 Å². The fourth-order valence-corrected chi connectivity index (χ4v) is 4.62. The van der Waals surface area contributed by atoms with Crippen molar-refractivity contribution in [2.24, 2.45) is 0 Å². The van der Waals surface area contributed by atoms with E-state index in [1.165, 1.54) is 34.6 Å². The number of nitrogens with zero attached hydrogens (tertiary/aromatic N) is 2. The normalized spacial score (nSPS) is 20.3. The maximum atomic E-state index is 12.8. The number of hydrogen-bond donors (Lipinski definition) is 0. The van der Waals surface area contributed by atoms with Gasteiger partial charge in [-0.25, -0.2) is 13.2 Å². The zero-order chi connectivity index (χ0) is 20.3. The summed E-state index contributed by atoms with van der Waals surface area (Å²) in [6.45, 7) is 4.23. The Morgan fingerprint density at radius 2 is 1.79 bits per heavy atom. The number of sulfonamides is 1. The average molecular weight is 400 g/mol. The van der Waals surface area contributed by atoms with Crippen LogP contribution in [0.25, 0.3) is 0 Å². The van der Waals surface area contributed by atoms with Gasteiger partial charge in [0, 0.05) is 13.1 Å². The molecule has 7 nitrogen and oxygen atoms in total. The minimum absolute atomic E-state index is 0.108. The molecule has 8 heteroatoms. The molecule has 28 heavy (non-hydrogen) atoms. The molecule has 1 aliphatic heterocycles. The predicted octanol–water partition coefficient (Wildman–Crippen LogP) is 2.58. The van der Waals surface area contributed by atoms with Crippen molar-refractivity contribution >= 4 is 16.0 Å². The molecule has 1 aliphatic rings. The van der Waals surface area contributed by atoms with Crippen LogP contribution in [0.2, 0.25) is 0 Å². The van der Waals surface area contributed by atoms with E-state index in [1.54, 1.807) is 18.2 Å². The Kier molecular flexibility index (Phi) is 5.79. The lowest BCUT2D eigenvalue weighted by atomic mass is 10.2. The predicted molar refractivity (Wildman–Crippen MR) is 101 cm³/mol. The van der Waals surface area contributed by atoms with Crippen molar-refractivity contribution in [1.82, 2.24) is 4.31 Å². The van der Waals surface area contributed by atoms with Crippen LogP contribution in [0.3, 0.4) is 0 Å². The third-order valence-corrected chi connectivity index (χ3v) is 6.13. The van der Waals surface area contributed by atoms with Gasteiger partial charge in [-0.05, 0) is 56.3 Å². The number of ether oxygens (including phenoxy) is 2. The van der Waals surface area contributed by atoms with Gasteiger partial charge < -0.3 is 9.47 Å². The first-order valence-corrected chi connectivity index (χ1v) is 10.2. The van der Waals surface area contributed by atoms with E-state index in [0.29, 0.717) is 5.56 Å². The lowest BCUT2D eigenvalue weighted by molar-refractivity contribution is -0.0440. The lowest BCUT2D eigenvalue weighted by Crippen LogP contribution is -2.48. The van der Waals surface area contributed by atoms with Crippen molar-refractivity contribution in [3.8, 4) is 11.8 Å². The van der Waals surface area contributed by atoms with Gasteiger partial charge >= 0.3 is 5.97 Å². The Morgan fingerprint density at radius 1 is 1.14 bits per heavy atom. The van der Waals surface area contributed by atoms with E-state index >= 15 is 0 Å². The zero-order valence-corrected chi connectivity index (χ0v) is 16.3. The molecule has 0 N–H and O–H groups in total. The lowest BCUT2D eigenvalue weighted by Gasteiger charge is -2.34. The van der Waals surface area contributed by atoms with E-state index in [1.807, 2.05) is 19.9 Å². The molecule has 1 saturated heterocycles. The summed E-state index contributed by atoms with van der Waals surface area (Å²) in [6, 6.07) is 13.8. The molecule has 1 heterocycles. The summed E-state index contributed by atoms with van der Waals surface area (Å²) in [6.07, 6.45) is -0.367. The van der Waals surface area contributed by atoms with Crippen LogP contribution in [0.15, 0.2) is 53.4 Å². The summed E-state index contributed by atoms with van der Waals surface area (Å²) in [5, 5.41) is 8.90. The zero-order valence-electron chi connectivity index (χ0n) is 15.5. The number of carbonyl (C=O) groups excluding carboxylic acids is 1. The van der Waals surface area contributed by atoms with Crippen LogP contribution in [0.1, 0.15) is 29.8 Å². The van der Waals surface area contributed by atoms with Crippen LogP contribution >= 0.6 is 0 Å². The third kappa shape index (κ3) is 4.39. The molecule has 1 fully saturated rings. The quantitative estimate of drug-likeness (QED) is 0.578. The molecular formula is C20H20N2O5S. The second-order valence-electron chi connectivity index (χ2n) is 6.63. The van der Waals surface area contributed by atoms with Gasteiger partial charge in [0.05, 0.1) is 34.3 Å². The van der Waals surface area contributed by atoms with Crippen molar-refractivity contribution in [1.29, 1.82) is 5.26 Å². The summed E-state index contributed by atoms with van der Waals surface area (Å²) in [4.78, 5) is 12.4. The minimum atomic E-state index is -3.67. The summed E-state index contributed by atoms with van der Waals surface area (Å²) in [5.74, 6) is -0.385. The number of rotatable bonds is 4. The second-order valence-corrected chi connectivity index (χ2v) is 8.57. The molecule has 2 aromatic carbocycles. The van der Waals surface area contributed by atoms with Crippen molar-refractivity contribution < 1.29 is 22.7 Å². The maximum absolute atomic E-state index is 12.8. The first-order chi connectivity index (χ1) is 13.3. The fraction of sp³-hybridized carbons (Fsp3) is 0.300. The van der Waals surface area contributed by atoms with Gasteiger partial charge in [0.1, 0.15) is 5.75 Å². The fourth-order valence-electron chi connectivity index (χ4n) is 3.03. The summed E-state index contributed by atoms with van der Waals surface area (Å²) < 4.78 is 37.9. The van der Waals surface area contributed by atoms with E-state index in [-0.39, 0.29) is 41.5 Å². The Morgan fingerprint density at radius 3 is 2.39 bits per heavy atom. The van der Waals surface area contributed by atoms with Crippen molar-refractivity contribution in [2.75, 3.05) is 13.1 Å². The number of hydrogen-bond acceptors (Lipinski definition) is 6. The molecular weight excluding hydrogens is 380 g/mol. The Labute approximate surface area is 164 Å². The molecule has 0 unspecified atom stereocenters. The molecule has 0 aliphatic carbocycles. The highest BCUT2D eigenvalue weighted by molar-refractivity contribution is 7.89. The first kappa shape index (κ1) is 20.0. The number of esters is 1. The SMILES string of the molecule is C[C@H]1CN(S(=O)(=O)c2ccc(C(=O)Oc3cccc(C#N)c3)cc2)C[C@H](C)O1. The first-order valence-electron chi connectivity index (χ1n) is 8.77. The van der Waals surface area contributed by atoms with Gasteiger partial charge in [-0.3, -0.25) is 0 Å². The largest absolute Gasteiger partial charge is 0.423 e. The number of benzene rings is 2. The average Bonchev–Trinajstić information content (AvgIpc) is 2.67. The Bertz CT molecular complexity index is 1000. The van der Waals surface area contributed by atoms with Gasteiger partial charge in [-0.1, -0.05) is 6.07 Å². The van der Waals surface area contributed by atoms with Crippen LogP contribution in [0.5, 0.6) is 5.75 Å². The molecule has 2 aromatic rings. The van der Waals surface area contributed by atoms with E-state index in [9.17, 15) is 13.2 Å². The van der Waals surface area contributed by atoms with E-state index in [2.05, 4.69) is 0 Å². The highest BCUT2D eigenvalue weighted by atomic mass is 32.2. The Hall–Kier alpha value is -2.73. The number of morpholine rings is 1. The smallest absolute Gasteiger partial charge is 0.343 e. The van der Waals surface area contributed by atoms with E-state index < -0.39 is 16.0 Å². The van der Waals surface area contributed by atoms with E-state index in [4.69, 9.17) is 14.7 Å². The summed E-state index contributed by atoms with van der Waals surface area (Å²) >= 11 is 0. The van der Waals surface area contributed by atoms with Gasteiger partial charge in [-0.15, -0.1) is 0 Å². The van der Waals surface area contributed by atoms with Crippen LogP contribution in [-0.2, 0) is 14.8 Å². The van der Waals surface area contributed by atoms with Gasteiger partial charge in [0.25, 0.3) is 0 Å². The van der Waals surface area contributed by atoms with Crippen LogP contribution in [-0.4, -0.2) is 44.0 Å². The van der Waals surface area contributed by atoms with Gasteiger partial charge in [0.15, 0.2) is 0 Å². The standard InChI is InChI=1S/C20H20N2O5S/c1-14-12-22(13-15(2)26-14)28(24,25)19-8-6-17(7-9-19)20(23)27-18-5-3-4-16(10-18)11-21/h3-10,14-15H,12-13H2,1-2H3/t14-,15-/m0/s1. The Balaban J connectivity index is 1.75. The second kappa shape index (κ2) is 8.10. The highest BCUT2D eigenvalue weighted by Crippen LogP contribution is 2.22. The van der Waals surface area contributed by atoms with Gasteiger partial charge in [0.2, 0.25) is 10.0 Å².